The number of rotatable bonds is 3. The van der Waals surface area contributed by atoms with Crippen molar-refractivity contribution in [1.29, 1.82) is 0 Å². The maximum Gasteiger partial charge on any atom is 0.293 e. The molecule has 2 atom stereocenters. The quantitative estimate of drug-likeness (QED) is 0.609. The van der Waals surface area contributed by atoms with E-state index in [0.717, 1.165) is 19.3 Å². The van der Waals surface area contributed by atoms with Crippen molar-refractivity contribution in [1.82, 2.24) is 4.98 Å². The van der Waals surface area contributed by atoms with Crippen LogP contribution in [0, 0.1) is 16.0 Å². The van der Waals surface area contributed by atoms with E-state index in [1.807, 2.05) is 0 Å². The summed E-state index contributed by atoms with van der Waals surface area (Å²) >= 11 is 0. The first-order chi connectivity index (χ1) is 8.75. The first kappa shape index (κ1) is 11.6. The minimum absolute atomic E-state index is 0.0824. The topological polar surface area (TPSA) is 65.3 Å². The van der Waals surface area contributed by atoms with Crippen molar-refractivity contribution in [2.75, 3.05) is 0 Å². The van der Waals surface area contributed by atoms with Gasteiger partial charge in [0.1, 0.15) is 6.20 Å². The maximum absolute atomic E-state index is 11.0. The molecule has 1 aliphatic heterocycles. The lowest BCUT2D eigenvalue weighted by molar-refractivity contribution is -0.386. The van der Waals surface area contributed by atoms with Crippen molar-refractivity contribution in [2.24, 2.45) is 5.92 Å². The molecule has 1 saturated heterocycles. The van der Waals surface area contributed by atoms with Gasteiger partial charge in [0, 0.05) is 6.20 Å². The van der Waals surface area contributed by atoms with E-state index in [0.29, 0.717) is 17.6 Å². The Morgan fingerprint density at radius 1 is 1.33 bits per heavy atom. The third-order valence-corrected chi connectivity index (χ3v) is 3.82. The second-order valence-corrected chi connectivity index (χ2v) is 5.12. The van der Waals surface area contributed by atoms with Gasteiger partial charge in [0.2, 0.25) is 0 Å². The highest BCUT2D eigenvalue weighted by molar-refractivity contribution is 5.38. The summed E-state index contributed by atoms with van der Waals surface area (Å²) in [4.78, 5) is 14.5. The Labute approximate surface area is 105 Å². The van der Waals surface area contributed by atoms with Gasteiger partial charge >= 0.3 is 0 Å². The predicted molar refractivity (Wildman–Crippen MR) is 65.1 cm³/mol. The number of ether oxygens (including phenoxy) is 1. The van der Waals surface area contributed by atoms with Crippen LogP contribution in [0.1, 0.15) is 43.8 Å². The van der Waals surface area contributed by atoms with Crippen molar-refractivity contribution in [3.05, 3.63) is 34.1 Å². The van der Waals surface area contributed by atoms with Crippen molar-refractivity contribution in [3.8, 4) is 0 Å². The molecule has 0 spiro atoms. The summed E-state index contributed by atoms with van der Waals surface area (Å²) < 4.78 is 6.06. The van der Waals surface area contributed by atoms with Crippen molar-refractivity contribution < 1.29 is 9.66 Å². The van der Waals surface area contributed by atoms with Gasteiger partial charge in [-0.15, -0.1) is 0 Å². The normalized spacial score (nSPS) is 28.0. The number of pyridine rings is 1. The van der Waals surface area contributed by atoms with Gasteiger partial charge < -0.3 is 4.74 Å². The Morgan fingerprint density at radius 2 is 2.17 bits per heavy atom. The molecular formula is C13H16N2O3. The smallest absolute Gasteiger partial charge is 0.293 e. The van der Waals surface area contributed by atoms with Gasteiger partial charge in [-0.3, -0.25) is 15.1 Å². The summed E-state index contributed by atoms with van der Waals surface area (Å²) in [6.45, 7) is 0. The molecule has 5 nitrogen and oxygen atoms in total. The molecule has 0 amide bonds. The minimum Gasteiger partial charge on any atom is -0.370 e. The molecule has 1 aromatic heterocycles. The molecular weight excluding hydrogens is 232 g/mol. The summed E-state index contributed by atoms with van der Waals surface area (Å²) in [7, 11) is 0. The molecule has 0 N–H and O–H groups in total. The lowest BCUT2D eigenvalue weighted by Crippen LogP contribution is -2.24. The number of nitrogens with zero attached hydrogens (tertiary/aromatic N) is 2. The van der Waals surface area contributed by atoms with Crippen molar-refractivity contribution >= 4 is 5.69 Å². The summed E-state index contributed by atoms with van der Waals surface area (Å²) in [5.41, 5.74) is 0.763. The molecule has 1 aliphatic carbocycles. The maximum atomic E-state index is 11.0. The van der Waals surface area contributed by atoms with Crippen molar-refractivity contribution in [3.63, 3.8) is 0 Å². The average molecular weight is 248 g/mol. The van der Waals surface area contributed by atoms with Crippen LogP contribution in [0.2, 0.25) is 0 Å². The Morgan fingerprint density at radius 3 is 2.89 bits per heavy atom. The van der Waals surface area contributed by atoms with Crippen LogP contribution in [0.25, 0.3) is 0 Å². The number of aromatic nitrogens is 1. The zero-order valence-electron chi connectivity index (χ0n) is 10.1. The Kier molecular flexibility index (Phi) is 2.99. The van der Waals surface area contributed by atoms with Crippen molar-refractivity contribution in [2.45, 2.75) is 44.3 Å². The van der Waals surface area contributed by atoms with Gasteiger partial charge in [0.25, 0.3) is 5.69 Å². The lowest BCUT2D eigenvalue weighted by Gasteiger charge is -2.30. The molecule has 18 heavy (non-hydrogen) atoms. The van der Waals surface area contributed by atoms with Crippen LogP contribution in [0.15, 0.2) is 18.5 Å². The van der Waals surface area contributed by atoms with Crippen LogP contribution >= 0.6 is 0 Å². The van der Waals surface area contributed by atoms with Gasteiger partial charge in [0.15, 0.2) is 0 Å². The second-order valence-electron chi connectivity index (χ2n) is 5.12. The summed E-state index contributed by atoms with van der Waals surface area (Å²) in [5, 5.41) is 11.0. The fourth-order valence-electron chi connectivity index (χ4n) is 2.72. The van der Waals surface area contributed by atoms with E-state index in [9.17, 15) is 10.1 Å². The second kappa shape index (κ2) is 4.65. The van der Waals surface area contributed by atoms with Gasteiger partial charge in [-0.25, -0.2) is 0 Å². The minimum atomic E-state index is -0.369. The number of nitro groups is 1. The highest BCUT2D eigenvalue weighted by atomic mass is 16.6. The van der Waals surface area contributed by atoms with E-state index in [-0.39, 0.29) is 16.7 Å². The monoisotopic (exact) mass is 248 g/mol. The highest BCUT2D eigenvalue weighted by Crippen LogP contribution is 2.43. The third-order valence-electron chi connectivity index (χ3n) is 3.82. The lowest BCUT2D eigenvalue weighted by atomic mass is 9.96. The molecule has 96 valence electrons. The molecule has 0 aromatic carbocycles. The fourth-order valence-corrected chi connectivity index (χ4v) is 2.72. The molecule has 3 rings (SSSR count). The van der Waals surface area contributed by atoms with E-state index >= 15 is 0 Å². The van der Waals surface area contributed by atoms with E-state index in [2.05, 4.69) is 4.98 Å². The van der Waals surface area contributed by atoms with E-state index < -0.39 is 0 Å². The van der Waals surface area contributed by atoms with Crippen LogP contribution in [-0.2, 0) is 4.74 Å². The number of hydrogen-bond acceptors (Lipinski definition) is 4. The van der Waals surface area contributed by atoms with Crippen LogP contribution in [0.5, 0.6) is 0 Å². The summed E-state index contributed by atoms with van der Waals surface area (Å²) in [5.74, 6) is 0.689. The van der Waals surface area contributed by atoms with E-state index in [1.54, 1.807) is 12.3 Å². The Hall–Kier alpha value is -1.49. The predicted octanol–water partition coefficient (Wildman–Crippen LogP) is 3.01. The van der Waals surface area contributed by atoms with Crippen LogP contribution in [0.3, 0.4) is 0 Å². The molecule has 5 heteroatoms. The molecule has 2 fully saturated rings. The first-order valence-electron chi connectivity index (χ1n) is 6.49. The van der Waals surface area contributed by atoms with Gasteiger partial charge in [-0.2, -0.15) is 0 Å². The Bertz CT molecular complexity index is 459. The van der Waals surface area contributed by atoms with Gasteiger partial charge in [-0.1, -0.05) is 0 Å². The van der Waals surface area contributed by atoms with E-state index in [1.165, 1.54) is 19.0 Å². The average Bonchev–Trinajstić information content (AvgIpc) is 3.23. The zero-order chi connectivity index (χ0) is 12.5. The van der Waals surface area contributed by atoms with E-state index in [4.69, 9.17) is 4.74 Å². The van der Waals surface area contributed by atoms with Gasteiger partial charge in [0.05, 0.1) is 22.7 Å². The SMILES string of the molecule is O=[N+]([O-])c1cnccc1C1CCCC(C2CC2)O1. The van der Waals surface area contributed by atoms with Crippen LogP contribution in [0.4, 0.5) is 5.69 Å². The van der Waals surface area contributed by atoms with Crippen LogP contribution < -0.4 is 0 Å². The fraction of sp³-hybridized carbons (Fsp3) is 0.615. The summed E-state index contributed by atoms with van der Waals surface area (Å²) in [6.07, 6.45) is 8.64. The Balaban J connectivity index is 1.82. The molecule has 2 unspecified atom stereocenters. The zero-order valence-corrected chi connectivity index (χ0v) is 10.1. The molecule has 2 aliphatic rings. The molecule has 2 heterocycles. The third kappa shape index (κ3) is 2.22. The standard InChI is InChI=1S/C13H16N2O3/c16-15(17)11-8-14-7-6-10(11)13-3-1-2-12(18-13)9-4-5-9/h6-9,12-13H,1-5H2. The van der Waals surface area contributed by atoms with Crippen LogP contribution in [-0.4, -0.2) is 16.0 Å². The molecule has 0 bridgehead atoms. The molecule has 1 aromatic rings. The first-order valence-corrected chi connectivity index (χ1v) is 6.49. The molecule has 0 radical (unpaired) electrons. The van der Waals surface area contributed by atoms with Gasteiger partial charge in [-0.05, 0) is 44.1 Å². The summed E-state index contributed by atoms with van der Waals surface area (Å²) in [6, 6.07) is 1.72. The number of hydrogen-bond donors (Lipinski definition) is 0. The molecule has 1 saturated carbocycles. The highest BCUT2D eigenvalue weighted by Gasteiger charge is 2.37. The largest absolute Gasteiger partial charge is 0.370 e.